The first-order valence-corrected chi connectivity index (χ1v) is 6.66. The highest BCUT2D eigenvalue weighted by atomic mass is 35.5. The SMILES string of the molecule is C=CCNC(=O)OC(c1cnccn1)c1ccccc1Cl. The average Bonchev–Trinajstić information content (AvgIpc) is 2.52. The van der Waals surface area contributed by atoms with E-state index < -0.39 is 12.2 Å². The molecule has 21 heavy (non-hydrogen) atoms. The van der Waals surface area contributed by atoms with Crippen LogP contribution in [0.4, 0.5) is 4.79 Å². The van der Waals surface area contributed by atoms with Crippen LogP contribution in [0.2, 0.25) is 5.02 Å². The van der Waals surface area contributed by atoms with Gasteiger partial charge in [-0.15, -0.1) is 6.58 Å². The van der Waals surface area contributed by atoms with E-state index in [1.165, 1.54) is 12.4 Å². The summed E-state index contributed by atoms with van der Waals surface area (Å²) < 4.78 is 5.42. The third-order valence-corrected chi connectivity index (χ3v) is 3.00. The highest BCUT2D eigenvalue weighted by Gasteiger charge is 2.22. The van der Waals surface area contributed by atoms with Crippen LogP contribution >= 0.6 is 11.6 Å². The van der Waals surface area contributed by atoms with Crippen molar-refractivity contribution >= 4 is 17.7 Å². The van der Waals surface area contributed by atoms with Gasteiger partial charge in [0.15, 0.2) is 6.10 Å². The molecule has 0 saturated heterocycles. The Kier molecular flexibility index (Phi) is 5.29. The third-order valence-electron chi connectivity index (χ3n) is 2.66. The number of nitrogens with zero attached hydrogens (tertiary/aromatic N) is 2. The molecular formula is C15H14ClN3O2. The van der Waals surface area contributed by atoms with Crippen LogP contribution < -0.4 is 5.32 Å². The lowest BCUT2D eigenvalue weighted by molar-refractivity contribution is 0.115. The van der Waals surface area contributed by atoms with Crippen LogP contribution in [0.15, 0.2) is 55.5 Å². The Balaban J connectivity index is 2.29. The minimum Gasteiger partial charge on any atom is -0.435 e. The molecule has 1 atom stereocenters. The number of alkyl carbamates (subject to hydrolysis) is 1. The summed E-state index contributed by atoms with van der Waals surface area (Å²) in [6, 6.07) is 7.13. The molecule has 1 N–H and O–H groups in total. The fraction of sp³-hybridized carbons (Fsp3) is 0.133. The molecule has 0 spiro atoms. The molecule has 0 fully saturated rings. The fourth-order valence-electron chi connectivity index (χ4n) is 1.72. The molecule has 2 rings (SSSR count). The first kappa shape index (κ1) is 15.0. The molecule has 1 aromatic carbocycles. The molecule has 6 heteroatoms. The first-order chi connectivity index (χ1) is 10.2. The molecule has 1 unspecified atom stereocenters. The Bertz CT molecular complexity index is 619. The van der Waals surface area contributed by atoms with Crippen molar-refractivity contribution in [1.82, 2.24) is 15.3 Å². The number of benzene rings is 1. The number of carbonyl (C=O) groups excluding carboxylic acids is 1. The number of halogens is 1. The Morgan fingerprint density at radius 2 is 2.24 bits per heavy atom. The second-order valence-electron chi connectivity index (χ2n) is 4.11. The Hall–Kier alpha value is -2.40. The maximum atomic E-state index is 11.8. The standard InChI is InChI=1S/C15H14ClN3O2/c1-2-7-19-15(20)21-14(13-10-17-8-9-18-13)11-5-3-4-6-12(11)16/h2-6,8-10,14H,1,7H2,(H,19,20). The van der Waals surface area contributed by atoms with Gasteiger partial charge in [-0.1, -0.05) is 35.9 Å². The normalized spacial score (nSPS) is 11.5. The number of aromatic nitrogens is 2. The Morgan fingerprint density at radius 3 is 2.90 bits per heavy atom. The van der Waals surface area contributed by atoms with Gasteiger partial charge in [-0.25, -0.2) is 4.79 Å². The molecule has 0 bridgehead atoms. The molecule has 1 heterocycles. The van der Waals surface area contributed by atoms with Crippen LogP contribution in [-0.2, 0) is 4.74 Å². The number of hydrogen-bond acceptors (Lipinski definition) is 4. The van der Waals surface area contributed by atoms with Crippen LogP contribution in [0.1, 0.15) is 17.4 Å². The molecule has 0 aliphatic carbocycles. The van der Waals surface area contributed by atoms with Crippen molar-refractivity contribution in [3.8, 4) is 0 Å². The van der Waals surface area contributed by atoms with E-state index >= 15 is 0 Å². The summed E-state index contributed by atoms with van der Waals surface area (Å²) >= 11 is 6.18. The van der Waals surface area contributed by atoms with Crippen LogP contribution in [-0.4, -0.2) is 22.6 Å². The van der Waals surface area contributed by atoms with Crippen LogP contribution in [0.25, 0.3) is 0 Å². The summed E-state index contributed by atoms with van der Waals surface area (Å²) in [6.45, 7) is 3.84. The lowest BCUT2D eigenvalue weighted by atomic mass is 10.1. The summed E-state index contributed by atoms with van der Waals surface area (Å²) in [7, 11) is 0. The Morgan fingerprint density at radius 1 is 1.43 bits per heavy atom. The summed E-state index contributed by atoms with van der Waals surface area (Å²) in [6.07, 6.45) is 4.88. The molecule has 2 aromatic rings. The summed E-state index contributed by atoms with van der Waals surface area (Å²) in [4.78, 5) is 20.0. The number of hydrogen-bond donors (Lipinski definition) is 1. The maximum absolute atomic E-state index is 11.8. The second-order valence-corrected chi connectivity index (χ2v) is 4.51. The zero-order valence-electron chi connectivity index (χ0n) is 11.2. The summed E-state index contributed by atoms with van der Waals surface area (Å²) in [5, 5.41) is 3.04. The Labute approximate surface area is 127 Å². The van der Waals surface area contributed by atoms with E-state index in [4.69, 9.17) is 16.3 Å². The maximum Gasteiger partial charge on any atom is 0.408 e. The lowest BCUT2D eigenvalue weighted by Crippen LogP contribution is -2.26. The largest absolute Gasteiger partial charge is 0.435 e. The highest BCUT2D eigenvalue weighted by molar-refractivity contribution is 6.31. The zero-order valence-corrected chi connectivity index (χ0v) is 12.0. The van der Waals surface area contributed by atoms with Crippen molar-refractivity contribution in [2.75, 3.05) is 6.54 Å². The topological polar surface area (TPSA) is 64.1 Å². The van der Waals surface area contributed by atoms with Crippen LogP contribution in [0.5, 0.6) is 0 Å². The number of nitrogens with one attached hydrogen (secondary N) is 1. The van der Waals surface area contributed by atoms with Gasteiger partial charge in [-0.3, -0.25) is 9.97 Å². The minimum absolute atomic E-state index is 0.314. The molecule has 0 aliphatic rings. The number of carbonyl (C=O) groups is 1. The summed E-state index contributed by atoms with van der Waals surface area (Å²) in [5.74, 6) is 0. The van der Waals surface area contributed by atoms with E-state index in [1.54, 1.807) is 30.5 Å². The van der Waals surface area contributed by atoms with Gasteiger partial charge in [-0.2, -0.15) is 0 Å². The molecule has 108 valence electrons. The highest BCUT2D eigenvalue weighted by Crippen LogP contribution is 2.29. The van der Waals surface area contributed by atoms with Crippen LogP contribution in [0, 0.1) is 0 Å². The van der Waals surface area contributed by atoms with E-state index in [0.29, 0.717) is 22.8 Å². The van der Waals surface area contributed by atoms with Crippen molar-refractivity contribution in [3.63, 3.8) is 0 Å². The lowest BCUT2D eigenvalue weighted by Gasteiger charge is -2.18. The van der Waals surface area contributed by atoms with E-state index in [1.807, 2.05) is 6.07 Å². The molecule has 0 radical (unpaired) electrons. The fourth-order valence-corrected chi connectivity index (χ4v) is 1.96. The van der Waals surface area contributed by atoms with Gasteiger partial charge in [-0.05, 0) is 6.07 Å². The van der Waals surface area contributed by atoms with Crippen molar-refractivity contribution in [2.24, 2.45) is 0 Å². The van der Waals surface area contributed by atoms with E-state index in [0.717, 1.165) is 0 Å². The van der Waals surface area contributed by atoms with Gasteiger partial charge in [0.1, 0.15) is 5.69 Å². The second kappa shape index (κ2) is 7.40. The smallest absolute Gasteiger partial charge is 0.408 e. The van der Waals surface area contributed by atoms with Gasteiger partial charge in [0.25, 0.3) is 0 Å². The van der Waals surface area contributed by atoms with Crippen molar-refractivity contribution in [2.45, 2.75) is 6.10 Å². The van der Waals surface area contributed by atoms with E-state index in [-0.39, 0.29) is 0 Å². The zero-order chi connectivity index (χ0) is 15.1. The van der Waals surface area contributed by atoms with E-state index in [2.05, 4.69) is 21.9 Å². The van der Waals surface area contributed by atoms with Crippen molar-refractivity contribution in [1.29, 1.82) is 0 Å². The molecule has 1 amide bonds. The van der Waals surface area contributed by atoms with Gasteiger partial charge in [0, 0.05) is 29.5 Å². The molecule has 1 aromatic heterocycles. The average molecular weight is 304 g/mol. The quantitative estimate of drug-likeness (QED) is 0.862. The van der Waals surface area contributed by atoms with Crippen molar-refractivity contribution < 1.29 is 9.53 Å². The molecular weight excluding hydrogens is 290 g/mol. The van der Waals surface area contributed by atoms with Gasteiger partial charge in [0.05, 0.1) is 6.20 Å². The van der Waals surface area contributed by atoms with Crippen LogP contribution in [0.3, 0.4) is 0 Å². The monoisotopic (exact) mass is 303 g/mol. The first-order valence-electron chi connectivity index (χ1n) is 6.28. The van der Waals surface area contributed by atoms with Gasteiger partial charge < -0.3 is 10.1 Å². The van der Waals surface area contributed by atoms with Crippen molar-refractivity contribution in [3.05, 3.63) is 71.8 Å². The van der Waals surface area contributed by atoms with Gasteiger partial charge >= 0.3 is 6.09 Å². The summed E-state index contributed by atoms with van der Waals surface area (Å²) in [5.41, 5.74) is 1.15. The van der Waals surface area contributed by atoms with Gasteiger partial charge in [0.2, 0.25) is 0 Å². The predicted octanol–water partition coefficient (Wildman–Crippen LogP) is 3.13. The third kappa shape index (κ3) is 4.03. The molecule has 0 saturated carbocycles. The van der Waals surface area contributed by atoms with E-state index in [9.17, 15) is 4.79 Å². The number of rotatable bonds is 5. The molecule has 5 nitrogen and oxygen atoms in total. The number of ether oxygens (including phenoxy) is 1. The molecule has 0 aliphatic heterocycles. The minimum atomic E-state index is -0.725. The predicted molar refractivity (Wildman–Crippen MR) is 80.0 cm³/mol. The number of amides is 1.